The molecule has 1 aromatic carbocycles. The molecule has 0 aliphatic carbocycles. The fraction of sp³-hybridized carbons (Fsp3) is 0.133. The Kier molecular flexibility index (Phi) is 8.33. The molecule has 0 saturated heterocycles. The maximum atomic E-state index is 12.1. The maximum absolute atomic E-state index is 12.1. The van der Waals surface area contributed by atoms with Crippen LogP contribution in [0.3, 0.4) is 0 Å². The van der Waals surface area contributed by atoms with Gasteiger partial charge in [0.25, 0.3) is 5.91 Å². The molecule has 0 aliphatic rings. The van der Waals surface area contributed by atoms with Crippen molar-refractivity contribution in [1.29, 1.82) is 0 Å². The van der Waals surface area contributed by atoms with Gasteiger partial charge in [-0.1, -0.05) is 18.2 Å². The SMILES string of the molecule is C=CCNC(=S)NNC(=O)c1cccc(NC(=S)NCC=C)c1. The summed E-state index contributed by atoms with van der Waals surface area (Å²) in [5.41, 5.74) is 6.27. The highest BCUT2D eigenvalue weighted by Gasteiger charge is 2.07. The van der Waals surface area contributed by atoms with Crippen LogP contribution < -0.4 is 26.8 Å². The second-order valence-corrected chi connectivity index (χ2v) is 5.10. The van der Waals surface area contributed by atoms with Gasteiger partial charge < -0.3 is 16.0 Å². The number of carbonyl (C=O) groups is 1. The van der Waals surface area contributed by atoms with Crippen LogP contribution >= 0.6 is 24.4 Å². The molecule has 0 aromatic heterocycles. The Balaban J connectivity index is 2.56. The molecule has 23 heavy (non-hydrogen) atoms. The summed E-state index contributed by atoms with van der Waals surface area (Å²) >= 11 is 10.1. The Morgan fingerprint density at radius 2 is 1.70 bits per heavy atom. The highest BCUT2D eigenvalue weighted by atomic mass is 32.1. The highest BCUT2D eigenvalue weighted by molar-refractivity contribution is 7.80. The van der Waals surface area contributed by atoms with Gasteiger partial charge in [0, 0.05) is 24.3 Å². The van der Waals surface area contributed by atoms with E-state index >= 15 is 0 Å². The summed E-state index contributed by atoms with van der Waals surface area (Å²) in [6, 6.07) is 6.92. The van der Waals surface area contributed by atoms with Gasteiger partial charge in [-0.25, -0.2) is 0 Å². The molecule has 8 heteroatoms. The molecule has 0 atom stereocenters. The number of hydrazine groups is 1. The van der Waals surface area contributed by atoms with Crippen molar-refractivity contribution in [3.05, 3.63) is 55.1 Å². The minimum atomic E-state index is -0.318. The van der Waals surface area contributed by atoms with Crippen LogP contribution in [-0.4, -0.2) is 29.2 Å². The average molecular weight is 349 g/mol. The van der Waals surface area contributed by atoms with Crippen molar-refractivity contribution < 1.29 is 4.79 Å². The van der Waals surface area contributed by atoms with Gasteiger partial charge in [0.2, 0.25) is 0 Å². The van der Waals surface area contributed by atoms with Gasteiger partial charge in [-0.2, -0.15) is 0 Å². The van der Waals surface area contributed by atoms with Crippen molar-refractivity contribution in [3.8, 4) is 0 Å². The number of rotatable bonds is 6. The Hall–Kier alpha value is -2.45. The third-order valence-electron chi connectivity index (χ3n) is 2.49. The largest absolute Gasteiger partial charge is 0.359 e. The zero-order chi connectivity index (χ0) is 17.1. The van der Waals surface area contributed by atoms with E-state index in [1.54, 1.807) is 30.4 Å². The van der Waals surface area contributed by atoms with E-state index in [1.807, 2.05) is 6.07 Å². The van der Waals surface area contributed by atoms with Crippen molar-refractivity contribution in [2.75, 3.05) is 18.4 Å². The average Bonchev–Trinajstić information content (AvgIpc) is 2.56. The summed E-state index contributed by atoms with van der Waals surface area (Å²) in [4.78, 5) is 12.1. The van der Waals surface area contributed by atoms with Crippen molar-refractivity contribution in [3.63, 3.8) is 0 Å². The predicted molar refractivity (Wildman–Crippen MR) is 102 cm³/mol. The minimum Gasteiger partial charge on any atom is -0.359 e. The van der Waals surface area contributed by atoms with E-state index in [0.717, 1.165) is 0 Å². The molecule has 0 bridgehead atoms. The molecule has 0 fully saturated rings. The molecule has 122 valence electrons. The van der Waals surface area contributed by atoms with Gasteiger partial charge in [-0.15, -0.1) is 13.2 Å². The summed E-state index contributed by atoms with van der Waals surface area (Å²) < 4.78 is 0. The van der Waals surface area contributed by atoms with Crippen LogP contribution in [0.25, 0.3) is 0 Å². The standard InChI is InChI=1S/C15H19N5OS2/c1-3-8-16-14(22)18-12-7-5-6-11(10-12)13(21)19-20-15(23)17-9-4-2/h3-7,10H,1-2,8-9H2,(H,19,21)(H2,16,18,22)(H2,17,20,23). The summed E-state index contributed by atoms with van der Waals surface area (Å²) in [5, 5.41) is 9.53. The lowest BCUT2D eigenvalue weighted by atomic mass is 10.2. The number of amides is 1. The molecule has 0 unspecified atom stereocenters. The van der Waals surface area contributed by atoms with E-state index in [-0.39, 0.29) is 5.91 Å². The minimum absolute atomic E-state index is 0.308. The van der Waals surface area contributed by atoms with Crippen LogP contribution in [0.15, 0.2) is 49.6 Å². The summed E-state index contributed by atoms with van der Waals surface area (Å²) in [6.45, 7) is 8.23. The molecule has 1 aromatic rings. The molecule has 0 aliphatic heterocycles. The molecular weight excluding hydrogens is 330 g/mol. The van der Waals surface area contributed by atoms with Crippen LogP contribution in [0, 0.1) is 0 Å². The fourth-order valence-electron chi connectivity index (χ4n) is 1.47. The Bertz CT molecular complexity index is 603. The molecule has 5 N–H and O–H groups in total. The van der Waals surface area contributed by atoms with Crippen LogP contribution in [0.5, 0.6) is 0 Å². The molecule has 0 radical (unpaired) electrons. The lowest BCUT2D eigenvalue weighted by molar-refractivity contribution is 0.0944. The second kappa shape index (κ2) is 10.3. The van der Waals surface area contributed by atoms with Crippen molar-refractivity contribution in [2.45, 2.75) is 0 Å². The van der Waals surface area contributed by atoms with Crippen molar-refractivity contribution in [2.24, 2.45) is 0 Å². The van der Waals surface area contributed by atoms with Gasteiger partial charge in [0.05, 0.1) is 0 Å². The third kappa shape index (κ3) is 7.39. The molecule has 0 spiro atoms. The van der Waals surface area contributed by atoms with Crippen molar-refractivity contribution in [1.82, 2.24) is 21.5 Å². The van der Waals surface area contributed by atoms with Gasteiger partial charge >= 0.3 is 0 Å². The monoisotopic (exact) mass is 349 g/mol. The van der Waals surface area contributed by atoms with E-state index in [1.165, 1.54) is 0 Å². The predicted octanol–water partition coefficient (Wildman–Crippen LogP) is 1.45. The number of hydrogen-bond acceptors (Lipinski definition) is 3. The quantitative estimate of drug-likeness (QED) is 0.302. The third-order valence-corrected chi connectivity index (χ3v) is 2.98. The maximum Gasteiger partial charge on any atom is 0.269 e. The molecule has 1 rings (SSSR count). The first-order valence-corrected chi connectivity index (χ1v) is 7.59. The smallest absolute Gasteiger partial charge is 0.269 e. The zero-order valence-electron chi connectivity index (χ0n) is 12.5. The van der Waals surface area contributed by atoms with Crippen molar-refractivity contribution >= 4 is 46.3 Å². The van der Waals surface area contributed by atoms with Crippen LogP contribution in [0.1, 0.15) is 10.4 Å². The summed E-state index contributed by atoms with van der Waals surface area (Å²) in [5.74, 6) is -0.318. The summed E-state index contributed by atoms with van der Waals surface area (Å²) in [7, 11) is 0. The first kappa shape index (κ1) is 18.6. The topological polar surface area (TPSA) is 77.2 Å². The Morgan fingerprint density at radius 1 is 1.04 bits per heavy atom. The highest BCUT2D eigenvalue weighted by Crippen LogP contribution is 2.10. The number of thiocarbonyl (C=S) groups is 2. The number of benzene rings is 1. The normalized spacial score (nSPS) is 9.22. The van der Waals surface area contributed by atoms with Crippen LogP contribution in [-0.2, 0) is 0 Å². The molecule has 6 nitrogen and oxygen atoms in total. The van der Waals surface area contributed by atoms with E-state index in [0.29, 0.717) is 34.6 Å². The van der Waals surface area contributed by atoms with Gasteiger partial charge in [-0.05, 0) is 42.6 Å². The van der Waals surface area contributed by atoms with Gasteiger partial charge in [-0.3, -0.25) is 15.6 Å². The molecular formula is C15H19N5OS2. The lowest BCUT2D eigenvalue weighted by Crippen LogP contribution is -2.46. The first-order chi connectivity index (χ1) is 11.1. The summed E-state index contributed by atoms with van der Waals surface area (Å²) in [6.07, 6.45) is 3.36. The molecule has 0 saturated carbocycles. The van der Waals surface area contributed by atoms with Crippen LogP contribution in [0.2, 0.25) is 0 Å². The lowest BCUT2D eigenvalue weighted by Gasteiger charge is -2.12. The number of hydrogen-bond donors (Lipinski definition) is 5. The second-order valence-electron chi connectivity index (χ2n) is 4.28. The number of anilines is 1. The van der Waals surface area contributed by atoms with E-state index in [2.05, 4.69) is 40.0 Å². The molecule has 1 amide bonds. The van der Waals surface area contributed by atoms with Gasteiger partial charge in [0.15, 0.2) is 10.2 Å². The van der Waals surface area contributed by atoms with Gasteiger partial charge in [0.1, 0.15) is 0 Å². The van der Waals surface area contributed by atoms with E-state index < -0.39 is 0 Å². The van der Waals surface area contributed by atoms with E-state index in [4.69, 9.17) is 24.4 Å². The number of carbonyl (C=O) groups excluding carboxylic acids is 1. The Labute approximate surface area is 146 Å². The first-order valence-electron chi connectivity index (χ1n) is 6.77. The van der Waals surface area contributed by atoms with E-state index in [9.17, 15) is 4.79 Å². The Morgan fingerprint density at radius 3 is 2.35 bits per heavy atom. The van der Waals surface area contributed by atoms with Crippen LogP contribution in [0.4, 0.5) is 5.69 Å². The number of nitrogens with one attached hydrogen (secondary N) is 5. The zero-order valence-corrected chi connectivity index (χ0v) is 14.2. The molecule has 0 heterocycles. The fourth-order valence-corrected chi connectivity index (χ4v) is 1.81.